The second-order valence-corrected chi connectivity index (χ2v) is 6.74. The minimum atomic E-state index is -0.394. The van der Waals surface area contributed by atoms with Crippen LogP contribution in [0.2, 0.25) is 0 Å². The number of nitrogens with one attached hydrogen (secondary N) is 1. The molecular formula is C19H20N2O4. The molecule has 2 fully saturated rings. The zero-order valence-corrected chi connectivity index (χ0v) is 14.0. The number of allylic oxidation sites excluding steroid dienone is 2. The van der Waals surface area contributed by atoms with Crippen LogP contribution in [0.3, 0.4) is 0 Å². The molecule has 1 aromatic rings. The number of fused-ring (bicyclic) bond motifs is 5. The summed E-state index contributed by atoms with van der Waals surface area (Å²) in [5, 5.41) is 2.74. The van der Waals surface area contributed by atoms with Gasteiger partial charge < -0.3 is 10.1 Å². The van der Waals surface area contributed by atoms with Crippen molar-refractivity contribution in [2.24, 2.45) is 23.7 Å². The van der Waals surface area contributed by atoms with Gasteiger partial charge in [-0.15, -0.1) is 0 Å². The number of hydrogen-bond donors (Lipinski definition) is 1. The highest BCUT2D eigenvalue weighted by Crippen LogP contribution is 2.52. The van der Waals surface area contributed by atoms with Crippen LogP contribution >= 0.6 is 0 Å². The van der Waals surface area contributed by atoms with Crippen molar-refractivity contribution < 1.29 is 19.1 Å². The summed E-state index contributed by atoms with van der Waals surface area (Å²) in [5.41, 5.74) is 0.537. The molecule has 0 radical (unpaired) electrons. The van der Waals surface area contributed by atoms with E-state index in [4.69, 9.17) is 4.74 Å². The predicted molar refractivity (Wildman–Crippen MR) is 90.7 cm³/mol. The zero-order chi connectivity index (χ0) is 17.6. The number of benzene rings is 1. The molecular weight excluding hydrogens is 320 g/mol. The molecule has 25 heavy (non-hydrogen) atoms. The van der Waals surface area contributed by atoms with Gasteiger partial charge in [-0.25, -0.2) is 0 Å². The average molecular weight is 340 g/mol. The summed E-state index contributed by atoms with van der Waals surface area (Å²) in [6.45, 7) is 2.10. The maximum Gasteiger partial charge on any atom is 0.244 e. The predicted octanol–water partition coefficient (Wildman–Crippen LogP) is 1.83. The molecule has 4 rings (SSSR count). The minimum Gasteiger partial charge on any atom is -0.492 e. The molecule has 1 saturated heterocycles. The number of para-hydroxylation sites is 2. The topological polar surface area (TPSA) is 75.7 Å². The van der Waals surface area contributed by atoms with E-state index in [0.717, 1.165) is 11.3 Å². The average Bonchev–Trinajstić information content (AvgIpc) is 3.27. The van der Waals surface area contributed by atoms with Gasteiger partial charge in [0, 0.05) is 0 Å². The van der Waals surface area contributed by atoms with Gasteiger partial charge in [0.15, 0.2) is 0 Å². The van der Waals surface area contributed by atoms with Crippen LogP contribution in [0.4, 0.5) is 5.69 Å². The quantitative estimate of drug-likeness (QED) is 0.655. The van der Waals surface area contributed by atoms with Crippen molar-refractivity contribution in [3.05, 3.63) is 36.4 Å². The highest BCUT2D eigenvalue weighted by atomic mass is 16.5. The zero-order valence-electron chi connectivity index (χ0n) is 14.0. The first-order chi connectivity index (χ1) is 12.1. The van der Waals surface area contributed by atoms with Crippen LogP contribution in [0, 0.1) is 23.7 Å². The van der Waals surface area contributed by atoms with Gasteiger partial charge in [0.1, 0.15) is 12.3 Å². The molecule has 3 amide bonds. The van der Waals surface area contributed by atoms with E-state index < -0.39 is 5.91 Å². The number of imide groups is 1. The molecule has 3 aliphatic rings. The molecule has 130 valence electrons. The number of nitrogens with zero attached hydrogens (tertiary/aromatic N) is 1. The Morgan fingerprint density at radius 1 is 1.16 bits per heavy atom. The fourth-order valence-corrected chi connectivity index (χ4v) is 4.30. The number of hydrogen-bond acceptors (Lipinski definition) is 4. The highest BCUT2D eigenvalue weighted by Gasteiger charge is 2.59. The van der Waals surface area contributed by atoms with Crippen LogP contribution in [0.5, 0.6) is 5.75 Å². The Bertz CT molecular complexity index is 742. The molecule has 1 aliphatic heterocycles. The van der Waals surface area contributed by atoms with Crippen LogP contribution in [0.15, 0.2) is 36.4 Å². The van der Waals surface area contributed by atoms with Crippen molar-refractivity contribution in [2.45, 2.75) is 13.3 Å². The van der Waals surface area contributed by atoms with Gasteiger partial charge in [-0.3, -0.25) is 19.3 Å². The van der Waals surface area contributed by atoms with Crippen molar-refractivity contribution in [2.75, 3.05) is 18.5 Å². The molecule has 4 atom stereocenters. The fraction of sp³-hybridized carbons (Fsp3) is 0.421. The maximum atomic E-state index is 12.6. The summed E-state index contributed by atoms with van der Waals surface area (Å²) in [4.78, 5) is 38.7. The van der Waals surface area contributed by atoms with Crippen LogP contribution in [-0.4, -0.2) is 35.8 Å². The summed E-state index contributed by atoms with van der Waals surface area (Å²) in [6, 6.07) is 7.10. The summed E-state index contributed by atoms with van der Waals surface area (Å²) in [5.74, 6) is -0.487. The lowest BCUT2D eigenvalue weighted by molar-refractivity contribution is -0.143. The molecule has 0 spiro atoms. The van der Waals surface area contributed by atoms with Crippen molar-refractivity contribution in [3.63, 3.8) is 0 Å². The number of anilines is 1. The Morgan fingerprint density at radius 3 is 2.44 bits per heavy atom. The Balaban J connectivity index is 1.46. The molecule has 1 aromatic carbocycles. The third-order valence-electron chi connectivity index (χ3n) is 5.32. The number of carbonyl (C=O) groups excluding carboxylic acids is 3. The summed E-state index contributed by atoms with van der Waals surface area (Å²) < 4.78 is 5.48. The molecule has 6 heteroatoms. The monoisotopic (exact) mass is 340 g/mol. The first-order valence-electron chi connectivity index (χ1n) is 8.65. The maximum absolute atomic E-state index is 12.6. The SMILES string of the molecule is CCOc1ccccc1NC(=O)CN1C(=O)[C@@H]2[C@@H](C1=O)[C@H]1C=C[C@H]2C1. The Morgan fingerprint density at radius 2 is 1.80 bits per heavy atom. The molecule has 0 aromatic heterocycles. The van der Waals surface area contributed by atoms with Crippen molar-refractivity contribution >= 4 is 23.4 Å². The lowest BCUT2D eigenvalue weighted by atomic mass is 9.85. The van der Waals surface area contributed by atoms with E-state index in [0.29, 0.717) is 18.0 Å². The van der Waals surface area contributed by atoms with Crippen LogP contribution < -0.4 is 10.1 Å². The number of ether oxygens (including phenoxy) is 1. The first-order valence-corrected chi connectivity index (χ1v) is 8.65. The standard InChI is InChI=1S/C19H20N2O4/c1-2-25-14-6-4-3-5-13(14)20-15(22)10-21-18(23)16-11-7-8-12(9-11)17(16)19(21)24/h3-8,11-12,16-17H,2,9-10H2,1H3,(H,20,22)/t11-,12-,16-,17-/m0/s1. The Labute approximate surface area is 145 Å². The molecule has 2 aliphatic carbocycles. The van der Waals surface area contributed by atoms with E-state index in [9.17, 15) is 14.4 Å². The minimum absolute atomic E-state index is 0.151. The van der Waals surface area contributed by atoms with Crippen LogP contribution in [0.25, 0.3) is 0 Å². The first kappa shape index (κ1) is 15.9. The molecule has 1 saturated carbocycles. The molecule has 1 heterocycles. The Kier molecular flexibility index (Phi) is 3.82. The fourth-order valence-electron chi connectivity index (χ4n) is 4.30. The number of rotatable bonds is 5. The van der Waals surface area contributed by atoms with Gasteiger partial charge in [-0.05, 0) is 37.3 Å². The second kappa shape index (κ2) is 6.02. The van der Waals surface area contributed by atoms with Gasteiger partial charge in [0.25, 0.3) is 0 Å². The summed E-state index contributed by atoms with van der Waals surface area (Å²) in [7, 11) is 0. The van der Waals surface area contributed by atoms with E-state index >= 15 is 0 Å². The van der Waals surface area contributed by atoms with E-state index in [-0.39, 0.29) is 42.0 Å². The summed E-state index contributed by atoms with van der Waals surface area (Å²) >= 11 is 0. The van der Waals surface area contributed by atoms with E-state index in [1.54, 1.807) is 18.2 Å². The van der Waals surface area contributed by atoms with Gasteiger partial charge in [0.05, 0.1) is 24.1 Å². The van der Waals surface area contributed by atoms with E-state index in [1.807, 2.05) is 25.1 Å². The van der Waals surface area contributed by atoms with Crippen LogP contribution in [-0.2, 0) is 14.4 Å². The lowest BCUT2D eigenvalue weighted by Gasteiger charge is -2.17. The third kappa shape index (κ3) is 2.52. The number of likely N-dealkylation sites (tertiary alicyclic amines) is 1. The third-order valence-corrected chi connectivity index (χ3v) is 5.32. The van der Waals surface area contributed by atoms with Crippen molar-refractivity contribution in [1.82, 2.24) is 4.90 Å². The molecule has 6 nitrogen and oxygen atoms in total. The Hall–Kier alpha value is -2.63. The molecule has 0 unspecified atom stereocenters. The largest absolute Gasteiger partial charge is 0.492 e. The lowest BCUT2D eigenvalue weighted by Crippen LogP contribution is -2.39. The number of amides is 3. The number of carbonyl (C=O) groups is 3. The highest BCUT2D eigenvalue weighted by molar-refractivity contribution is 6.09. The van der Waals surface area contributed by atoms with Crippen molar-refractivity contribution in [1.29, 1.82) is 0 Å². The van der Waals surface area contributed by atoms with E-state index in [1.165, 1.54) is 0 Å². The van der Waals surface area contributed by atoms with Crippen molar-refractivity contribution in [3.8, 4) is 5.75 Å². The normalized spacial score (nSPS) is 29.2. The van der Waals surface area contributed by atoms with Gasteiger partial charge >= 0.3 is 0 Å². The molecule has 2 bridgehead atoms. The van der Waals surface area contributed by atoms with Crippen LogP contribution in [0.1, 0.15) is 13.3 Å². The summed E-state index contributed by atoms with van der Waals surface area (Å²) in [6.07, 6.45) is 4.96. The van der Waals surface area contributed by atoms with Gasteiger partial charge in [-0.1, -0.05) is 24.3 Å². The van der Waals surface area contributed by atoms with Gasteiger partial charge in [-0.2, -0.15) is 0 Å². The second-order valence-electron chi connectivity index (χ2n) is 6.74. The van der Waals surface area contributed by atoms with E-state index in [2.05, 4.69) is 5.32 Å². The smallest absolute Gasteiger partial charge is 0.244 e. The van der Waals surface area contributed by atoms with Gasteiger partial charge in [0.2, 0.25) is 17.7 Å². The molecule has 1 N–H and O–H groups in total.